The van der Waals surface area contributed by atoms with E-state index in [4.69, 9.17) is 22.1 Å². The molecular weight excluding hydrogens is 277 g/mol. The molecule has 0 saturated heterocycles. The molecule has 2 rings (SSSR count). The number of ether oxygens (including phenoxy) is 1. The highest BCUT2D eigenvalue weighted by atomic mass is 35.5. The third kappa shape index (κ3) is 3.50. The maximum absolute atomic E-state index is 13.9. The smallest absolute Gasteiger partial charge is 0.165 e. The Morgan fingerprint density at radius 1 is 1.25 bits per heavy atom. The zero-order valence-electron chi connectivity index (χ0n) is 11.5. The summed E-state index contributed by atoms with van der Waals surface area (Å²) in [5.41, 5.74) is 8.35. The number of hydrogen-bond donors (Lipinski definition) is 1. The topological polar surface area (TPSA) is 35.2 Å². The van der Waals surface area contributed by atoms with E-state index in [1.165, 1.54) is 6.07 Å². The van der Waals surface area contributed by atoms with E-state index in [1.807, 2.05) is 25.1 Å². The van der Waals surface area contributed by atoms with Crippen molar-refractivity contribution in [1.82, 2.24) is 0 Å². The van der Waals surface area contributed by atoms with Gasteiger partial charge in [0.2, 0.25) is 0 Å². The van der Waals surface area contributed by atoms with Crippen LogP contribution >= 0.6 is 11.6 Å². The van der Waals surface area contributed by atoms with Gasteiger partial charge in [0.15, 0.2) is 11.6 Å². The van der Waals surface area contributed by atoms with E-state index in [-0.39, 0.29) is 18.4 Å². The third-order valence-electron chi connectivity index (χ3n) is 3.07. The number of halogens is 2. The molecule has 4 heteroatoms. The van der Waals surface area contributed by atoms with Gasteiger partial charge in [0.25, 0.3) is 0 Å². The third-order valence-corrected chi connectivity index (χ3v) is 3.43. The van der Waals surface area contributed by atoms with Crippen molar-refractivity contribution in [3.63, 3.8) is 0 Å². The Hall–Kier alpha value is -1.58. The van der Waals surface area contributed by atoms with Crippen LogP contribution in [0.5, 0.6) is 5.75 Å². The molecule has 0 heterocycles. The van der Waals surface area contributed by atoms with Crippen LogP contribution in [0.3, 0.4) is 0 Å². The van der Waals surface area contributed by atoms with Crippen molar-refractivity contribution in [1.29, 1.82) is 0 Å². The SMILES string of the molecule is Cc1ccc(COc2ccc([C@H](C)N)cc2F)c(Cl)c1. The zero-order valence-corrected chi connectivity index (χ0v) is 12.2. The van der Waals surface area contributed by atoms with Gasteiger partial charge in [0, 0.05) is 16.6 Å². The summed E-state index contributed by atoms with van der Waals surface area (Å²) in [7, 11) is 0. The Morgan fingerprint density at radius 2 is 2.00 bits per heavy atom. The lowest BCUT2D eigenvalue weighted by atomic mass is 10.1. The molecule has 2 nitrogen and oxygen atoms in total. The van der Waals surface area contributed by atoms with Gasteiger partial charge in [-0.1, -0.05) is 29.8 Å². The number of rotatable bonds is 4. The highest BCUT2D eigenvalue weighted by molar-refractivity contribution is 6.31. The Kier molecular flexibility index (Phi) is 4.63. The molecule has 0 radical (unpaired) electrons. The van der Waals surface area contributed by atoms with Crippen LogP contribution in [0.25, 0.3) is 0 Å². The second kappa shape index (κ2) is 6.25. The van der Waals surface area contributed by atoms with Crippen molar-refractivity contribution >= 4 is 11.6 Å². The zero-order chi connectivity index (χ0) is 14.7. The minimum atomic E-state index is -0.414. The lowest BCUT2D eigenvalue weighted by Gasteiger charge is -2.11. The summed E-state index contributed by atoms with van der Waals surface area (Å²) in [6.45, 7) is 4.00. The molecule has 0 aliphatic rings. The highest BCUT2D eigenvalue weighted by Crippen LogP contribution is 2.24. The van der Waals surface area contributed by atoms with Gasteiger partial charge >= 0.3 is 0 Å². The van der Waals surface area contributed by atoms with Crippen LogP contribution < -0.4 is 10.5 Å². The molecule has 0 aromatic heterocycles. The molecule has 20 heavy (non-hydrogen) atoms. The fraction of sp³-hybridized carbons (Fsp3) is 0.250. The number of benzene rings is 2. The number of aryl methyl sites for hydroxylation is 1. The molecule has 1 atom stereocenters. The largest absolute Gasteiger partial charge is 0.486 e. The minimum Gasteiger partial charge on any atom is -0.486 e. The Bertz CT molecular complexity index is 613. The van der Waals surface area contributed by atoms with Crippen molar-refractivity contribution in [2.75, 3.05) is 0 Å². The summed E-state index contributed by atoms with van der Waals surface area (Å²) < 4.78 is 19.3. The first kappa shape index (κ1) is 14.8. The quantitative estimate of drug-likeness (QED) is 0.907. The number of hydrogen-bond acceptors (Lipinski definition) is 2. The molecule has 0 bridgehead atoms. The molecule has 0 aliphatic heterocycles. The van der Waals surface area contributed by atoms with Gasteiger partial charge < -0.3 is 10.5 Å². The van der Waals surface area contributed by atoms with Crippen LogP contribution in [0.1, 0.15) is 29.7 Å². The first-order valence-corrected chi connectivity index (χ1v) is 6.78. The van der Waals surface area contributed by atoms with Crippen LogP contribution in [-0.4, -0.2) is 0 Å². The monoisotopic (exact) mass is 293 g/mol. The van der Waals surface area contributed by atoms with Gasteiger partial charge in [-0.05, 0) is 43.2 Å². The second-order valence-corrected chi connectivity index (χ2v) is 5.27. The first-order valence-electron chi connectivity index (χ1n) is 6.40. The van der Waals surface area contributed by atoms with Gasteiger partial charge in [-0.3, -0.25) is 0 Å². The second-order valence-electron chi connectivity index (χ2n) is 4.86. The van der Waals surface area contributed by atoms with Crippen molar-refractivity contribution in [2.45, 2.75) is 26.5 Å². The van der Waals surface area contributed by atoms with Crippen molar-refractivity contribution in [2.24, 2.45) is 5.73 Å². The average Bonchev–Trinajstić information content (AvgIpc) is 2.38. The molecule has 106 valence electrons. The Morgan fingerprint density at radius 3 is 2.60 bits per heavy atom. The fourth-order valence-corrected chi connectivity index (χ4v) is 2.13. The van der Waals surface area contributed by atoms with Crippen LogP contribution in [-0.2, 0) is 6.61 Å². The summed E-state index contributed by atoms with van der Waals surface area (Å²) in [6, 6.07) is 10.2. The summed E-state index contributed by atoms with van der Waals surface area (Å²) >= 11 is 6.11. The summed E-state index contributed by atoms with van der Waals surface area (Å²) in [4.78, 5) is 0. The molecule has 0 aliphatic carbocycles. The predicted octanol–water partition coefficient (Wildman–Crippen LogP) is 4.39. The number of nitrogens with two attached hydrogens (primary N) is 1. The standard InChI is InChI=1S/C16H17ClFNO/c1-10-3-4-13(14(17)7-10)9-20-16-6-5-12(11(2)19)8-15(16)18/h3-8,11H,9,19H2,1-2H3/t11-/m0/s1. The predicted molar refractivity (Wildman–Crippen MR) is 79.5 cm³/mol. The van der Waals surface area contributed by atoms with E-state index in [1.54, 1.807) is 19.1 Å². The maximum atomic E-state index is 13.9. The van der Waals surface area contributed by atoms with E-state index in [0.717, 1.165) is 16.7 Å². The molecule has 0 amide bonds. The van der Waals surface area contributed by atoms with E-state index in [0.29, 0.717) is 5.02 Å². The molecule has 0 saturated carbocycles. The molecule has 0 spiro atoms. The lowest BCUT2D eigenvalue weighted by molar-refractivity contribution is 0.290. The average molecular weight is 294 g/mol. The highest BCUT2D eigenvalue weighted by Gasteiger charge is 2.08. The van der Waals surface area contributed by atoms with E-state index >= 15 is 0 Å². The minimum absolute atomic E-state index is 0.200. The van der Waals surface area contributed by atoms with Gasteiger partial charge in [-0.25, -0.2) is 4.39 Å². The van der Waals surface area contributed by atoms with Gasteiger partial charge in [-0.15, -0.1) is 0 Å². The van der Waals surface area contributed by atoms with Crippen LogP contribution in [0.15, 0.2) is 36.4 Å². The molecular formula is C16H17ClFNO. The fourth-order valence-electron chi connectivity index (χ4n) is 1.84. The van der Waals surface area contributed by atoms with Crippen molar-refractivity contribution in [3.8, 4) is 5.75 Å². The lowest BCUT2D eigenvalue weighted by Crippen LogP contribution is -2.06. The van der Waals surface area contributed by atoms with E-state index in [2.05, 4.69) is 0 Å². The first-order chi connectivity index (χ1) is 9.47. The summed E-state index contributed by atoms with van der Waals surface area (Å²) in [6.07, 6.45) is 0. The van der Waals surface area contributed by atoms with Crippen LogP contribution in [0.4, 0.5) is 4.39 Å². The molecule has 0 unspecified atom stereocenters. The van der Waals surface area contributed by atoms with E-state index in [9.17, 15) is 4.39 Å². The van der Waals surface area contributed by atoms with Crippen molar-refractivity contribution in [3.05, 3.63) is 63.9 Å². The Balaban J connectivity index is 2.11. The maximum Gasteiger partial charge on any atom is 0.165 e. The summed E-state index contributed by atoms with van der Waals surface area (Å²) in [5, 5.41) is 0.623. The van der Waals surface area contributed by atoms with E-state index < -0.39 is 5.82 Å². The van der Waals surface area contributed by atoms with Gasteiger partial charge in [-0.2, -0.15) is 0 Å². The van der Waals surface area contributed by atoms with Gasteiger partial charge in [0.1, 0.15) is 6.61 Å². The van der Waals surface area contributed by atoms with Gasteiger partial charge in [0.05, 0.1) is 0 Å². The summed E-state index contributed by atoms with van der Waals surface area (Å²) in [5.74, 6) is -0.214. The molecule has 2 N–H and O–H groups in total. The van der Waals surface area contributed by atoms with Crippen LogP contribution in [0.2, 0.25) is 5.02 Å². The molecule has 0 fully saturated rings. The molecule has 2 aromatic carbocycles. The molecule has 2 aromatic rings. The normalized spacial score (nSPS) is 12.2. The Labute approximate surface area is 123 Å². The van der Waals surface area contributed by atoms with Crippen LogP contribution in [0, 0.1) is 12.7 Å². The van der Waals surface area contributed by atoms with Crippen molar-refractivity contribution < 1.29 is 9.13 Å².